The van der Waals surface area contributed by atoms with Crippen LogP contribution >= 0.6 is 0 Å². The van der Waals surface area contributed by atoms with Crippen molar-refractivity contribution in [1.82, 2.24) is 0 Å². The fourth-order valence-corrected chi connectivity index (χ4v) is 1.94. The minimum Gasteiger partial charge on any atom is -0.481 e. The Bertz CT molecular complexity index is 184. The maximum absolute atomic E-state index is 10.5. The van der Waals surface area contributed by atoms with E-state index in [-0.39, 0.29) is 11.3 Å². The minimum atomic E-state index is -0.589. The molecule has 2 rings (SSSR count). The SMILES string of the molecule is C[C@]1(C2CC2)C[C@H]1C(=O)O. The van der Waals surface area contributed by atoms with Crippen LogP contribution in [0.5, 0.6) is 0 Å². The Labute approximate surface area is 60.2 Å². The van der Waals surface area contributed by atoms with Crippen molar-refractivity contribution in [3.05, 3.63) is 0 Å². The van der Waals surface area contributed by atoms with Gasteiger partial charge in [0.1, 0.15) is 0 Å². The van der Waals surface area contributed by atoms with E-state index in [1.54, 1.807) is 0 Å². The molecule has 0 radical (unpaired) electrons. The normalized spacial score (nSPS) is 45.1. The molecule has 0 aliphatic heterocycles. The summed E-state index contributed by atoms with van der Waals surface area (Å²) in [5.41, 5.74) is 0.200. The van der Waals surface area contributed by atoms with Gasteiger partial charge in [-0.15, -0.1) is 0 Å². The van der Waals surface area contributed by atoms with Crippen LogP contribution in [0.4, 0.5) is 0 Å². The van der Waals surface area contributed by atoms with Gasteiger partial charge in [0.15, 0.2) is 0 Å². The molecule has 2 fully saturated rings. The number of hydrogen-bond acceptors (Lipinski definition) is 1. The van der Waals surface area contributed by atoms with Gasteiger partial charge in [0.2, 0.25) is 0 Å². The van der Waals surface area contributed by atoms with Crippen molar-refractivity contribution in [2.45, 2.75) is 26.2 Å². The molecule has 2 aliphatic carbocycles. The first-order chi connectivity index (χ1) is 4.64. The minimum absolute atomic E-state index is 0.0139. The highest BCUT2D eigenvalue weighted by molar-refractivity contribution is 5.74. The third-order valence-corrected chi connectivity index (χ3v) is 3.09. The van der Waals surface area contributed by atoms with Gasteiger partial charge < -0.3 is 5.11 Å². The smallest absolute Gasteiger partial charge is 0.307 e. The van der Waals surface area contributed by atoms with Gasteiger partial charge in [-0.2, -0.15) is 0 Å². The van der Waals surface area contributed by atoms with Gasteiger partial charge in [-0.1, -0.05) is 6.92 Å². The highest BCUT2D eigenvalue weighted by Gasteiger charge is 2.61. The van der Waals surface area contributed by atoms with Crippen LogP contribution in [0.15, 0.2) is 0 Å². The number of hydrogen-bond donors (Lipinski definition) is 1. The van der Waals surface area contributed by atoms with Gasteiger partial charge in [0.05, 0.1) is 5.92 Å². The number of rotatable bonds is 2. The zero-order valence-corrected chi connectivity index (χ0v) is 6.13. The van der Waals surface area contributed by atoms with Crippen molar-refractivity contribution in [3.63, 3.8) is 0 Å². The Morgan fingerprint density at radius 1 is 1.60 bits per heavy atom. The average Bonchev–Trinajstić information content (AvgIpc) is 2.49. The standard InChI is InChI=1S/C8H12O2/c1-8(5-2-3-5)4-6(8)7(9)10/h5-6H,2-4H2,1H3,(H,9,10)/t6-,8+/m0/s1. The fraction of sp³-hybridized carbons (Fsp3) is 0.875. The highest BCUT2D eigenvalue weighted by atomic mass is 16.4. The molecule has 2 atom stereocenters. The Kier molecular flexibility index (Phi) is 0.960. The van der Waals surface area contributed by atoms with Crippen LogP contribution < -0.4 is 0 Å². The molecule has 1 N–H and O–H groups in total. The molecule has 2 nitrogen and oxygen atoms in total. The van der Waals surface area contributed by atoms with E-state index >= 15 is 0 Å². The molecule has 2 saturated carbocycles. The molecule has 2 aliphatic rings. The molecule has 0 spiro atoms. The number of carboxylic acids is 1. The molecule has 0 saturated heterocycles. The summed E-state index contributed by atoms with van der Waals surface area (Å²) in [5, 5.41) is 8.67. The molecule has 10 heavy (non-hydrogen) atoms. The van der Waals surface area contributed by atoms with Crippen molar-refractivity contribution < 1.29 is 9.90 Å². The van der Waals surface area contributed by atoms with Crippen LogP contribution in [0.3, 0.4) is 0 Å². The van der Waals surface area contributed by atoms with Crippen molar-refractivity contribution in [1.29, 1.82) is 0 Å². The largest absolute Gasteiger partial charge is 0.481 e. The first kappa shape index (κ1) is 6.20. The maximum atomic E-state index is 10.5. The van der Waals surface area contributed by atoms with Gasteiger partial charge in [-0.25, -0.2) is 0 Å². The first-order valence-electron chi connectivity index (χ1n) is 3.87. The molecular formula is C8H12O2. The molecule has 0 amide bonds. The number of aliphatic carboxylic acids is 1. The molecular weight excluding hydrogens is 128 g/mol. The molecule has 56 valence electrons. The van der Waals surface area contributed by atoms with E-state index in [0.717, 1.165) is 12.3 Å². The van der Waals surface area contributed by atoms with E-state index in [2.05, 4.69) is 6.92 Å². The van der Waals surface area contributed by atoms with E-state index in [1.807, 2.05) is 0 Å². The lowest BCUT2D eigenvalue weighted by molar-refractivity contribution is -0.139. The predicted molar refractivity (Wildman–Crippen MR) is 36.6 cm³/mol. The van der Waals surface area contributed by atoms with Crippen LogP contribution in [0.25, 0.3) is 0 Å². The molecule has 0 aromatic rings. The summed E-state index contributed by atoms with van der Waals surface area (Å²) in [6.07, 6.45) is 3.45. The van der Waals surface area contributed by atoms with E-state index < -0.39 is 5.97 Å². The Balaban J connectivity index is 2.02. The monoisotopic (exact) mass is 140 g/mol. The number of carboxylic acid groups (broad SMARTS) is 1. The lowest BCUT2D eigenvalue weighted by Gasteiger charge is -2.04. The lowest BCUT2D eigenvalue weighted by Crippen LogP contribution is -2.08. The second-order valence-electron chi connectivity index (χ2n) is 3.88. The molecule has 2 heteroatoms. The van der Waals surface area contributed by atoms with E-state index in [0.29, 0.717) is 0 Å². The highest BCUT2D eigenvalue weighted by Crippen LogP contribution is 2.65. The van der Waals surface area contributed by atoms with Crippen LogP contribution in [0.1, 0.15) is 26.2 Å². The van der Waals surface area contributed by atoms with Crippen LogP contribution in [-0.2, 0) is 4.79 Å². The van der Waals surface area contributed by atoms with Crippen LogP contribution in [0, 0.1) is 17.3 Å². The summed E-state index contributed by atoms with van der Waals surface area (Å²) in [6.45, 7) is 2.11. The number of carbonyl (C=O) groups is 1. The molecule has 0 bridgehead atoms. The third-order valence-electron chi connectivity index (χ3n) is 3.09. The summed E-state index contributed by atoms with van der Waals surface area (Å²) < 4.78 is 0. The molecule has 0 aromatic carbocycles. The fourth-order valence-electron chi connectivity index (χ4n) is 1.94. The summed E-state index contributed by atoms with van der Waals surface area (Å²) >= 11 is 0. The van der Waals surface area contributed by atoms with Gasteiger partial charge in [0, 0.05) is 0 Å². The second kappa shape index (κ2) is 1.55. The summed E-state index contributed by atoms with van der Waals surface area (Å²) in [7, 11) is 0. The summed E-state index contributed by atoms with van der Waals surface area (Å²) in [6, 6.07) is 0. The molecule has 0 heterocycles. The van der Waals surface area contributed by atoms with Crippen molar-refractivity contribution in [2.75, 3.05) is 0 Å². The predicted octanol–water partition coefficient (Wildman–Crippen LogP) is 1.51. The summed E-state index contributed by atoms with van der Waals surface area (Å²) in [5.74, 6) is 0.142. The second-order valence-corrected chi connectivity index (χ2v) is 3.88. The van der Waals surface area contributed by atoms with Gasteiger partial charge in [-0.3, -0.25) is 4.79 Å². The Morgan fingerprint density at radius 2 is 2.20 bits per heavy atom. The van der Waals surface area contributed by atoms with E-state index in [4.69, 9.17) is 5.11 Å². The first-order valence-corrected chi connectivity index (χ1v) is 3.87. The van der Waals surface area contributed by atoms with Gasteiger partial charge in [0.25, 0.3) is 0 Å². The molecule has 0 aromatic heterocycles. The van der Waals surface area contributed by atoms with Crippen LogP contribution in [-0.4, -0.2) is 11.1 Å². The average molecular weight is 140 g/mol. The van der Waals surface area contributed by atoms with Crippen LogP contribution in [0.2, 0.25) is 0 Å². The van der Waals surface area contributed by atoms with Crippen molar-refractivity contribution in [2.24, 2.45) is 17.3 Å². The lowest BCUT2D eigenvalue weighted by atomic mass is 10.0. The third kappa shape index (κ3) is 0.678. The molecule has 0 unspecified atom stereocenters. The summed E-state index contributed by atoms with van der Waals surface area (Å²) in [4.78, 5) is 10.5. The van der Waals surface area contributed by atoms with E-state index in [1.165, 1.54) is 12.8 Å². The van der Waals surface area contributed by atoms with Gasteiger partial charge >= 0.3 is 5.97 Å². The zero-order valence-electron chi connectivity index (χ0n) is 6.13. The topological polar surface area (TPSA) is 37.3 Å². The van der Waals surface area contributed by atoms with Crippen molar-refractivity contribution in [3.8, 4) is 0 Å². The maximum Gasteiger partial charge on any atom is 0.307 e. The Morgan fingerprint density at radius 3 is 2.50 bits per heavy atom. The van der Waals surface area contributed by atoms with Crippen molar-refractivity contribution >= 4 is 5.97 Å². The van der Waals surface area contributed by atoms with E-state index in [9.17, 15) is 4.79 Å². The zero-order chi connectivity index (χ0) is 7.35. The van der Waals surface area contributed by atoms with Gasteiger partial charge in [-0.05, 0) is 30.6 Å². The quantitative estimate of drug-likeness (QED) is 0.631. The Hall–Kier alpha value is -0.530.